The van der Waals surface area contributed by atoms with E-state index < -0.39 is 0 Å². The van der Waals surface area contributed by atoms with Crippen LogP contribution in [0.25, 0.3) is 10.1 Å². The average Bonchev–Trinajstić information content (AvgIpc) is 2.72. The summed E-state index contributed by atoms with van der Waals surface area (Å²) >= 11 is 1.82. The average molecular weight is 231 g/mol. The third-order valence-corrected chi connectivity index (χ3v) is 3.72. The first-order valence-corrected chi connectivity index (χ1v) is 6.55. The van der Waals surface area contributed by atoms with Gasteiger partial charge in [0.15, 0.2) is 0 Å². The minimum absolute atomic E-state index is 0.402. The maximum Gasteiger partial charge on any atom is 0.0369 e. The largest absolute Gasteiger partial charge is 0.310 e. The smallest absolute Gasteiger partial charge is 0.0369 e. The molecule has 1 nitrogen and oxygen atoms in total. The summed E-state index contributed by atoms with van der Waals surface area (Å²) in [5.41, 5.74) is 1.40. The summed E-state index contributed by atoms with van der Waals surface area (Å²) in [6, 6.07) is 8.99. The van der Waals surface area contributed by atoms with E-state index in [4.69, 9.17) is 0 Å². The quantitative estimate of drug-likeness (QED) is 0.763. The van der Waals surface area contributed by atoms with Crippen molar-refractivity contribution in [3.8, 4) is 0 Å². The minimum Gasteiger partial charge on any atom is -0.310 e. The second-order valence-corrected chi connectivity index (χ2v) is 4.73. The van der Waals surface area contributed by atoms with E-state index >= 15 is 0 Å². The fraction of sp³-hybridized carbons (Fsp3) is 0.286. The van der Waals surface area contributed by atoms with Crippen LogP contribution in [0.1, 0.15) is 24.9 Å². The predicted molar refractivity (Wildman–Crippen MR) is 73.1 cm³/mol. The summed E-state index contributed by atoms with van der Waals surface area (Å²) in [6.45, 7) is 6.97. The van der Waals surface area contributed by atoms with Crippen LogP contribution in [0.5, 0.6) is 0 Å². The minimum atomic E-state index is 0.402. The Morgan fingerprint density at radius 2 is 2.25 bits per heavy atom. The van der Waals surface area contributed by atoms with Crippen LogP contribution in [-0.2, 0) is 0 Å². The summed E-state index contributed by atoms with van der Waals surface area (Å²) in [5.74, 6) is 0. The standard InChI is InChI=1S/C14H17NS/c1-3-7-13(15-4-2)12-10-16-14-9-6-5-8-11(12)14/h3,5-6,8-10,13,15H,1,4,7H2,2H3. The van der Waals surface area contributed by atoms with Gasteiger partial charge in [0, 0.05) is 10.7 Å². The van der Waals surface area contributed by atoms with E-state index in [9.17, 15) is 0 Å². The van der Waals surface area contributed by atoms with Gasteiger partial charge in [-0.1, -0.05) is 31.2 Å². The lowest BCUT2D eigenvalue weighted by Crippen LogP contribution is -2.19. The van der Waals surface area contributed by atoms with Gasteiger partial charge < -0.3 is 5.32 Å². The molecule has 0 spiro atoms. The normalized spacial score (nSPS) is 12.8. The van der Waals surface area contributed by atoms with Gasteiger partial charge in [-0.15, -0.1) is 17.9 Å². The maximum absolute atomic E-state index is 3.84. The van der Waals surface area contributed by atoms with Crippen LogP contribution in [0.15, 0.2) is 42.3 Å². The Morgan fingerprint density at radius 3 is 3.00 bits per heavy atom. The number of fused-ring (bicyclic) bond motifs is 1. The summed E-state index contributed by atoms with van der Waals surface area (Å²) in [6.07, 6.45) is 2.97. The highest BCUT2D eigenvalue weighted by atomic mass is 32.1. The van der Waals surface area contributed by atoms with E-state index in [0.29, 0.717) is 6.04 Å². The van der Waals surface area contributed by atoms with Gasteiger partial charge in [0.05, 0.1) is 0 Å². The molecular weight excluding hydrogens is 214 g/mol. The van der Waals surface area contributed by atoms with E-state index in [-0.39, 0.29) is 0 Å². The molecule has 1 aromatic heterocycles. The fourth-order valence-electron chi connectivity index (χ4n) is 2.00. The van der Waals surface area contributed by atoms with Gasteiger partial charge in [-0.2, -0.15) is 0 Å². The molecule has 16 heavy (non-hydrogen) atoms. The van der Waals surface area contributed by atoms with E-state index in [1.54, 1.807) is 0 Å². The first-order valence-electron chi connectivity index (χ1n) is 5.67. The van der Waals surface area contributed by atoms with Crippen molar-refractivity contribution in [3.05, 3.63) is 47.9 Å². The lowest BCUT2D eigenvalue weighted by Gasteiger charge is -2.15. The van der Waals surface area contributed by atoms with Crippen LogP contribution >= 0.6 is 11.3 Å². The molecule has 0 aliphatic carbocycles. The van der Waals surface area contributed by atoms with Gasteiger partial charge in [0.1, 0.15) is 0 Å². The van der Waals surface area contributed by atoms with Crippen LogP contribution < -0.4 is 5.32 Å². The highest BCUT2D eigenvalue weighted by molar-refractivity contribution is 7.17. The first-order chi connectivity index (χ1) is 7.86. The van der Waals surface area contributed by atoms with Crippen molar-refractivity contribution in [2.24, 2.45) is 0 Å². The molecule has 0 aliphatic rings. The van der Waals surface area contributed by atoms with Crippen LogP contribution in [-0.4, -0.2) is 6.54 Å². The SMILES string of the molecule is C=CCC(NCC)c1csc2ccccc12. The van der Waals surface area contributed by atoms with E-state index in [0.717, 1.165) is 13.0 Å². The number of rotatable bonds is 5. The maximum atomic E-state index is 3.84. The molecule has 1 heterocycles. The van der Waals surface area contributed by atoms with Crippen molar-refractivity contribution < 1.29 is 0 Å². The monoisotopic (exact) mass is 231 g/mol. The molecule has 1 atom stereocenters. The third kappa shape index (κ3) is 2.18. The first kappa shape index (κ1) is 11.4. The van der Waals surface area contributed by atoms with Crippen molar-refractivity contribution >= 4 is 21.4 Å². The highest BCUT2D eigenvalue weighted by Gasteiger charge is 2.12. The van der Waals surface area contributed by atoms with E-state index in [1.807, 2.05) is 17.4 Å². The van der Waals surface area contributed by atoms with Crippen LogP contribution in [0.4, 0.5) is 0 Å². The molecular formula is C14H17NS. The molecule has 0 saturated carbocycles. The zero-order chi connectivity index (χ0) is 11.4. The van der Waals surface area contributed by atoms with Crippen molar-refractivity contribution in [3.63, 3.8) is 0 Å². The second-order valence-electron chi connectivity index (χ2n) is 3.82. The molecule has 1 N–H and O–H groups in total. The molecule has 0 radical (unpaired) electrons. The van der Waals surface area contributed by atoms with Crippen molar-refractivity contribution in [2.45, 2.75) is 19.4 Å². The lowest BCUT2D eigenvalue weighted by molar-refractivity contribution is 0.564. The van der Waals surface area contributed by atoms with Crippen molar-refractivity contribution in [1.82, 2.24) is 5.32 Å². The molecule has 2 rings (SSSR count). The Kier molecular flexibility index (Phi) is 3.75. The Morgan fingerprint density at radius 1 is 1.44 bits per heavy atom. The van der Waals surface area contributed by atoms with Crippen LogP contribution in [0, 0.1) is 0 Å². The molecule has 0 aliphatic heterocycles. The van der Waals surface area contributed by atoms with E-state index in [2.05, 4.69) is 48.5 Å². The Hall–Kier alpha value is -1.12. The summed E-state index contributed by atoms with van der Waals surface area (Å²) in [7, 11) is 0. The van der Waals surface area contributed by atoms with Gasteiger partial charge in [0.25, 0.3) is 0 Å². The van der Waals surface area contributed by atoms with Gasteiger partial charge in [-0.3, -0.25) is 0 Å². The highest BCUT2D eigenvalue weighted by Crippen LogP contribution is 2.31. The summed E-state index contributed by atoms with van der Waals surface area (Å²) < 4.78 is 1.37. The zero-order valence-electron chi connectivity index (χ0n) is 9.57. The topological polar surface area (TPSA) is 12.0 Å². The molecule has 0 fully saturated rings. The molecule has 0 bridgehead atoms. The van der Waals surface area contributed by atoms with Crippen LogP contribution in [0.2, 0.25) is 0 Å². The Labute approximate surface area is 101 Å². The van der Waals surface area contributed by atoms with Gasteiger partial charge >= 0.3 is 0 Å². The fourth-order valence-corrected chi connectivity index (χ4v) is 3.02. The number of nitrogens with one attached hydrogen (secondary N) is 1. The predicted octanol–water partition coefficient (Wildman–Crippen LogP) is 4.13. The number of hydrogen-bond donors (Lipinski definition) is 1. The Bertz CT molecular complexity index is 472. The lowest BCUT2D eigenvalue weighted by atomic mass is 10.0. The number of benzene rings is 1. The van der Waals surface area contributed by atoms with Crippen molar-refractivity contribution in [2.75, 3.05) is 6.54 Å². The number of hydrogen-bond acceptors (Lipinski definition) is 2. The second kappa shape index (κ2) is 5.28. The third-order valence-electron chi connectivity index (χ3n) is 2.74. The van der Waals surface area contributed by atoms with Crippen molar-refractivity contribution in [1.29, 1.82) is 0 Å². The molecule has 1 aromatic carbocycles. The van der Waals surface area contributed by atoms with Gasteiger partial charge in [-0.05, 0) is 35.4 Å². The summed E-state index contributed by atoms with van der Waals surface area (Å²) in [5, 5.41) is 7.15. The molecule has 2 aromatic rings. The molecule has 84 valence electrons. The molecule has 2 heteroatoms. The van der Waals surface area contributed by atoms with Crippen LogP contribution in [0.3, 0.4) is 0 Å². The van der Waals surface area contributed by atoms with E-state index in [1.165, 1.54) is 15.6 Å². The summed E-state index contributed by atoms with van der Waals surface area (Å²) in [4.78, 5) is 0. The van der Waals surface area contributed by atoms with Gasteiger partial charge in [0.2, 0.25) is 0 Å². The number of thiophene rings is 1. The Balaban J connectivity index is 2.39. The molecule has 1 unspecified atom stereocenters. The zero-order valence-corrected chi connectivity index (χ0v) is 10.4. The molecule has 0 amide bonds. The van der Waals surface area contributed by atoms with Gasteiger partial charge in [-0.25, -0.2) is 0 Å². The molecule has 0 saturated heterocycles.